The molecule has 9 heteroatoms. The summed E-state index contributed by atoms with van der Waals surface area (Å²) in [6, 6.07) is 4.27. The molecule has 1 aliphatic heterocycles. The largest absolute Gasteiger partial charge is 0.465 e. The van der Waals surface area contributed by atoms with Crippen LogP contribution in [0.3, 0.4) is 0 Å². The van der Waals surface area contributed by atoms with Crippen LogP contribution in [0.15, 0.2) is 27.6 Å². The molecule has 0 unspecified atom stereocenters. The van der Waals surface area contributed by atoms with Crippen molar-refractivity contribution in [2.24, 2.45) is 0 Å². The Morgan fingerprint density at radius 1 is 1.48 bits per heavy atom. The average Bonchev–Trinajstić information content (AvgIpc) is 2.52. The lowest BCUT2D eigenvalue weighted by molar-refractivity contribution is -0.147. The summed E-state index contributed by atoms with van der Waals surface area (Å²) in [5.74, 6) is -0.541. The third-order valence-corrected chi connectivity index (χ3v) is 6.35. The summed E-state index contributed by atoms with van der Waals surface area (Å²) in [6.45, 7) is 3.47. The summed E-state index contributed by atoms with van der Waals surface area (Å²) in [6.07, 6.45) is 0. The van der Waals surface area contributed by atoms with E-state index in [0.29, 0.717) is 10.0 Å². The van der Waals surface area contributed by atoms with E-state index in [1.807, 2.05) is 0 Å². The highest BCUT2D eigenvalue weighted by atomic mass is 79.9. The van der Waals surface area contributed by atoms with Gasteiger partial charge in [0.25, 0.3) is 0 Å². The zero-order chi connectivity index (χ0) is 16.0. The van der Waals surface area contributed by atoms with Crippen molar-refractivity contribution in [3.8, 4) is 0 Å². The lowest BCUT2D eigenvalue weighted by Crippen LogP contribution is -2.52. The number of esters is 1. The van der Waals surface area contributed by atoms with Crippen LogP contribution in [-0.4, -0.2) is 47.0 Å². The number of benzene rings is 1. The molecule has 0 fully saturated rings. The van der Waals surface area contributed by atoms with Crippen LogP contribution in [0.2, 0.25) is 0 Å². The molecule has 0 spiro atoms. The second-order valence-electron chi connectivity index (χ2n) is 5.43. The Kier molecular flexibility index (Phi) is 4.30. The molecule has 0 saturated carbocycles. The third-order valence-electron chi connectivity index (χ3n) is 3.67. The summed E-state index contributed by atoms with van der Waals surface area (Å²) < 4.78 is 32.5. The molecular weight excluding hydrogens is 356 g/mol. The van der Waals surface area contributed by atoms with Crippen LogP contribution in [-0.2, 0) is 24.9 Å². The molecule has 0 aromatic heterocycles. The Bertz CT molecular complexity index is 692. The van der Waals surface area contributed by atoms with Gasteiger partial charge in [0.2, 0.25) is 10.0 Å². The van der Waals surface area contributed by atoms with Crippen LogP contribution in [0.25, 0.3) is 0 Å². The molecular formula is C12H16B2BrNO4S. The van der Waals surface area contributed by atoms with Crippen molar-refractivity contribution in [2.75, 3.05) is 6.61 Å². The molecule has 0 aliphatic carbocycles. The van der Waals surface area contributed by atoms with Crippen LogP contribution in [0, 0.1) is 0 Å². The third kappa shape index (κ3) is 2.55. The van der Waals surface area contributed by atoms with Gasteiger partial charge in [-0.15, -0.1) is 0 Å². The molecule has 1 aromatic rings. The minimum absolute atomic E-state index is 0.218. The minimum Gasteiger partial charge on any atom is -0.465 e. The van der Waals surface area contributed by atoms with E-state index in [2.05, 4.69) is 15.9 Å². The molecule has 1 atom stereocenters. The van der Waals surface area contributed by atoms with Crippen molar-refractivity contribution in [1.29, 1.82) is 0 Å². The van der Waals surface area contributed by atoms with E-state index in [4.69, 9.17) is 4.74 Å². The maximum absolute atomic E-state index is 12.8. The molecule has 1 aromatic carbocycles. The number of carbonyl (C=O) groups is 1. The minimum atomic E-state index is -3.74. The van der Waals surface area contributed by atoms with E-state index in [1.54, 1.807) is 47.7 Å². The number of rotatable bonds is 3. The Labute approximate surface area is 135 Å². The van der Waals surface area contributed by atoms with E-state index >= 15 is 0 Å². The number of ether oxygens (including phenoxy) is 1. The van der Waals surface area contributed by atoms with Crippen molar-refractivity contribution in [3.63, 3.8) is 0 Å². The van der Waals surface area contributed by atoms with Gasteiger partial charge in [0.15, 0.2) is 0 Å². The lowest BCUT2D eigenvalue weighted by Gasteiger charge is -2.34. The zero-order valence-electron chi connectivity index (χ0n) is 12.4. The first-order valence-electron chi connectivity index (χ1n) is 6.65. The Morgan fingerprint density at radius 3 is 2.67 bits per heavy atom. The molecule has 0 N–H and O–H groups in total. The zero-order valence-corrected chi connectivity index (χ0v) is 14.8. The van der Waals surface area contributed by atoms with Gasteiger partial charge in [-0.05, 0) is 31.5 Å². The van der Waals surface area contributed by atoms with Crippen molar-refractivity contribution >= 4 is 47.6 Å². The van der Waals surface area contributed by atoms with Gasteiger partial charge in [0.1, 0.15) is 21.7 Å². The number of fused-ring (bicyclic) bond motifs is 1. The summed E-state index contributed by atoms with van der Waals surface area (Å²) in [4.78, 5) is 12.2. The fourth-order valence-electron chi connectivity index (χ4n) is 2.79. The first-order valence-corrected chi connectivity index (χ1v) is 8.88. The van der Waals surface area contributed by atoms with Crippen molar-refractivity contribution < 1.29 is 17.9 Å². The van der Waals surface area contributed by atoms with Gasteiger partial charge in [0, 0.05) is 9.81 Å². The summed E-state index contributed by atoms with van der Waals surface area (Å²) in [7, 11) is -0.153. The number of sulfonamides is 1. The van der Waals surface area contributed by atoms with E-state index in [1.165, 1.54) is 4.31 Å². The molecule has 21 heavy (non-hydrogen) atoms. The number of hydrogen-bond donors (Lipinski definition) is 0. The number of halogens is 1. The van der Waals surface area contributed by atoms with Crippen LogP contribution >= 0.6 is 15.9 Å². The monoisotopic (exact) mass is 371 g/mol. The molecule has 112 valence electrons. The Balaban J connectivity index is 2.58. The predicted octanol–water partition coefficient (Wildman–Crippen LogP) is -0.219. The molecule has 1 aliphatic rings. The lowest BCUT2D eigenvalue weighted by atomic mass is 9.58. The SMILES string of the molecule is BC1(B)c2ccc(Br)cc2S(=O)(=O)N1[C@H](C)C(=O)OCC. The normalized spacial score (nSPS) is 20.7. The van der Waals surface area contributed by atoms with E-state index in [-0.39, 0.29) is 11.5 Å². The van der Waals surface area contributed by atoms with Gasteiger partial charge < -0.3 is 4.74 Å². The number of carbonyl (C=O) groups excluding carboxylic acids is 1. The molecule has 1 heterocycles. The van der Waals surface area contributed by atoms with Gasteiger partial charge in [0.05, 0.1) is 11.5 Å². The van der Waals surface area contributed by atoms with E-state index < -0.39 is 27.4 Å². The quantitative estimate of drug-likeness (QED) is 0.544. The molecule has 5 nitrogen and oxygen atoms in total. The topological polar surface area (TPSA) is 63.7 Å². The Hall–Kier alpha value is -0.790. The standard InChI is InChI=1S/C12H16B2BrNO4S/c1-3-20-11(17)7(2)16-12(13,14)9-5-4-8(15)6-10(9)21(16,18)19/h4-7H,3,13-14H2,1-2H3/t7-/m1/s1. The van der Waals surface area contributed by atoms with Crippen molar-refractivity contribution in [2.45, 2.75) is 30.1 Å². The molecule has 0 saturated heterocycles. The molecule has 0 amide bonds. The second-order valence-corrected chi connectivity index (χ2v) is 8.13. The second kappa shape index (κ2) is 5.44. The molecule has 0 radical (unpaired) electrons. The fraction of sp³-hybridized carbons (Fsp3) is 0.417. The highest BCUT2D eigenvalue weighted by Gasteiger charge is 2.51. The summed E-state index contributed by atoms with van der Waals surface area (Å²) >= 11 is 3.29. The van der Waals surface area contributed by atoms with Gasteiger partial charge in [-0.25, -0.2) is 8.42 Å². The smallest absolute Gasteiger partial charge is 0.324 e. The maximum Gasteiger partial charge on any atom is 0.324 e. The van der Waals surface area contributed by atoms with Crippen molar-refractivity contribution in [1.82, 2.24) is 4.31 Å². The maximum atomic E-state index is 12.8. The van der Waals surface area contributed by atoms with Crippen LogP contribution < -0.4 is 0 Å². The van der Waals surface area contributed by atoms with Crippen LogP contribution in [0.1, 0.15) is 19.4 Å². The first-order chi connectivity index (χ1) is 9.64. The number of hydrogen-bond acceptors (Lipinski definition) is 4. The van der Waals surface area contributed by atoms with E-state index in [9.17, 15) is 13.2 Å². The Morgan fingerprint density at radius 2 is 2.10 bits per heavy atom. The highest BCUT2D eigenvalue weighted by Crippen LogP contribution is 2.42. The first kappa shape index (κ1) is 16.6. The van der Waals surface area contributed by atoms with Gasteiger partial charge in [-0.2, -0.15) is 4.31 Å². The van der Waals surface area contributed by atoms with Crippen molar-refractivity contribution in [3.05, 3.63) is 28.2 Å². The molecule has 2 rings (SSSR count). The summed E-state index contributed by atoms with van der Waals surface area (Å²) in [5, 5.41) is -0.805. The molecule has 0 bridgehead atoms. The van der Waals surface area contributed by atoms with Gasteiger partial charge >= 0.3 is 5.97 Å². The fourth-order valence-corrected chi connectivity index (χ4v) is 5.59. The predicted molar refractivity (Wildman–Crippen MR) is 88.0 cm³/mol. The van der Waals surface area contributed by atoms with Crippen LogP contribution in [0.4, 0.5) is 0 Å². The highest BCUT2D eigenvalue weighted by molar-refractivity contribution is 9.10. The average molecular weight is 372 g/mol. The van der Waals surface area contributed by atoms with E-state index in [0.717, 1.165) is 0 Å². The van der Waals surface area contributed by atoms with Crippen LogP contribution in [0.5, 0.6) is 0 Å². The van der Waals surface area contributed by atoms with Gasteiger partial charge in [-0.1, -0.05) is 22.0 Å². The van der Waals surface area contributed by atoms with Gasteiger partial charge in [-0.3, -0.25) is 4.79 Å². The number of nitrogens with zero attached hydrogens (tertiary/aromatic N) is 1. The summed E-state index contributed by atoms with van der Waals surface area (Å²) in [5.41, 5.74) is 0.682.